The molecule has 1 aromatic rings. The molecule has 0 saturated heterocycles. The molecular formula is C9H12BrNO. The van der Waals surface area contributed by atoms with Crippen LogP contribution in [0.4, 0.5) is 0 Å². The first-order valence-electron chi connectivity index (χ1n) is 3.81. The number of hydrogen-bond donors (Lipinski definition) is 2. The fourth-order valence-corrected chi connectivity index (χ4v) is 1.63. The monoisotopic (exact) mass is 229 g/mol. The van der Waals surface area contributed by atoms with Crippen LogP contribution in [-0.4, -0.2) is 12.2 Å². The molecule has 0 radical (unpaired) electrons. The van der Waals surface area contributed by atoms with E-state index in [2.05, 4.69) is 21.2 Å². The van der Waals surface area contributed by atoms with Gasteiger partial charge in [0.15, 0.2) is 0 Å². The summed E-state index contributed by atoms with van der Waals surface area (Å²) >= 11 is 3.33. The number of phenolic OH excluding ortho intramolecular Hbond substituents is 1. The van der Waals surface area contributed by atoms with Crippen molar-refractivity contribution < 1.29 is 5.11 Å². The maximum absolute atomic E-state index is 9.37. The van der Waals surface area contributed by atoms with Crippen LogP contribution in [0, 0.1) is 0 Å². The minimum atomic E-state index is 0.242. The predicted molar refractivity (Wildman–Crippen MR) is 53.3 cm³/mol. The van der Waals surface area contributed by atoms with Gasteiger partial charge in [-0.3, -0.25) is 0 Å². The summed E-state index contributed by atoms with van der Waals surface area (Å²) in [7, 11) is 1.89. The van der Waals surface area contributed by atoms with Crippen molar-refractivity contribution in [2.75, 3.05) is 7.05 Å². The van der Waals surface area contributed by atoms with Crippen molar-refractivity contribution in [3.8, 4) is 5.75 Å². The molecule has 0 bridgehead atoms. The second-order valence-electron chi connectivity index (χ2n) is 2.69. The number of halogens is 1. The molecule has 1 unspecified atom stereocenters. The number of phenols is 1. The molecule has 1 aromatic carbocycles. The summed E-state index contributed by atoms with van der Waals surface area (Å²) in [5.41, 5.74) is 1.07. The Balaban J connectivity index is 3.07. The van der Waals surface area contributed by atoms with Gasteiger partial charge in [-0.2, -0.15) is 0 Å². The van der Waals surface area contributed by atoms with E-state index in [9.17, 15) is 5.11 Å². The van der Waals surface area contributed by atoms with Gasteiger partial charge in [0.2, 0.25) is 0 Å². The Hall–Kier alpha value is -0.540. The largest absolute Gasteiger partial charge is 0.507 e. The lowest BCUT2D eigenvalue weighted by molar-refractivity contribution is 0.469. The molecule has 1 rings (SSSR count). The number of nitrogens with one attached hydrogen (secondary N) is 1. The van der Waals surface area contributed by atoms with E-state index < -0.39 is 0 Å². The highest BCUT2D eigenvalue weighted by molar-refractivity contribution is 9.10. The fourth-order valence-electron chi connectivity index (χ4n) is 1.03. The van der Waals surface area contributed by atoms with E-state index >= 15 is 0 Å². The highest BCUT2D eigenvalue weighted by Gasteiger charge is 2.08. The molecule has 0 spiro atoms. The van der Waals surface area contributed by atoms with Crippen molar-refractivity contribution in [2.45, 2.75) is 13.0 Å². The number of rotatable bonds is 2. The van der Waals surface area contributed by atoms with Gasteiger partial charge in [0, 0.05) is 6.04 Å². The van der Waals surface area contributed by atoms with E-state index in [0.29, 0.717) is 0 Å². The van der Waals surface area contributed by atoms with Crippen LogP contribution < -0.4 is 5.32 Å². The summed E-state index contributed by atoms with van der Waals surface area (Å²) in [5.74, 6) is 0.287. The van der Waals surface area contributed by atoms with E-state index in [1.807, 2.05) is 26.1 Å². The first-order chi connectivity index (χ1) is 5.66. The van der Waals surface area contributed by atoms with Gasteiger partial charge in [-0.15, -0.1) is 0 Å². The fraction of sp³-hybridized carbons (Fsp3) is 0.333. The minimum absolute atomic E-state index is 0.242. The molecule has 0 aliphatic rings. The maximum atomic E-state index is 9.37. The van der Waals surface area contributed by atoms with Gasteiger partial charge in [-0.25, -0.2) is 0 Å². The summed E-state index contributed by atoms with van der Waals surface area (Å²) in [5, 5.41) is 12.5. The molecule has 0 amide bonds. The third-order valence-electron chi connectivity index (χ3n) is 1.91. The standard InChI is InChI=1S/C9H12BrNO/c1-6(11-2)7-4-3-5-8(12)9(7)10/h3-6,11-12H,1-2H3. The van der Waals surface area contributed by atoms with Crippen molar-refractivity contribution in [1.29, 1.82) is 0 Å². The predicted octanol–water partition coefficient (Wildman–Crippen LogP) is 2.44. The Labute approximate surface area is 80.7 Å². The zero-order valence-electron chi connectivity index (χ0n) is 7.13. The zero-order valence-corrected chi connectivity index (χ0v) is 8.72. The van der Waals surface area contributed by atoms with Gasteiger partial charge >= 0.3 is 0 Å². The summed E-state index contributed by atoms with van der Waals surface area (Å²) < 4.78 is 0.770. The molecule has 0 aliphatic heterocycles. The van der Waals surface area contributed by atoms with Crippen LogP contribution in [0.5, 0.6) is 5.75 Å². The van der Waals surface area contributed by atoms with Crippen molar-refractivity contribution in [3.63, 3.8) is 0 Å². The average Bonchev–Trinajstić information content (AvgIpc) is 2.08. The van der Waals surface area contributed by atoms with Gasteiger partial charge in [0.05, 0.1) is 4.47 Å². The Bertz CT molecular complexity index is 275. The second kappa shape index (κ2) is 3.92. The lowest BCUT2D eigenvalue weighted by Gasteiger charge is -2.12. The molecule has 0 aliphatic carbocycles. The van der Waals surface area contributed by atoms with Gasteiger partial charge in [0.25, 0.3) is 0 Å². The second-order valence-corrected chi connectivity index (χ2v) is 3.48. The van der Waals surface area contributed by atoms with Crippen molar-refractivity contribution in [3.05, 3.63) is 28.2 Å². The number of hydrogen-bond acceptors (Lipinski definition) is 2. The Morgan fingerprint density at radius 1 is 1.50 bits per heavy atom. The van der Waals surface area contributed by atoms with Crippen molar-refractivity contribution in [2.24, 2.45) is 0 Å². The van der Waals surface area contributed by atoms with Crippen molar-refractivity contribution >= 4 is 15.9 Å². The maximum Gasteiger partial charge on any atom is 0.130 e. The van der Waals surface area contributed by atoms with Gasteiger partial charge in [-0.05, 0) is 41.5 Å². The van der Waals surface area contributed by atoms with E-state index in [0.717, 1.165) is 10.0 Å². The SMILES string of the molecule is CNC(C)c1cccc(O)c1Br. The van der Waals surface area contributed by atoms with Crippen LogP contribution in [0.15, 0.2) is 22.7 Å². The number of benzene rings is 1. The van der Waals surface area contributed by atoms with Gasteiger partial charge in [0.1, 0.15) is 5.75 Å². The topological polar surface area (TPSA) is 32.3 Å². The Morgan fingerprint density at radius 3 is 2.75 bits per heavy atom. The van der Waals surface area contributed by atoms with E-state index in [4.69, 9.17) is 0 Å². The van der Waals surface area contributed by atoms with E-state index in [1.165, 1.54) is 0 Å². The molecule has 2 nitrogen and oxygen atoms in total. The normalized spacial score (nSPS) is 12.9. The Kier molecular flexibility index (Phi) is 3.12. The van der Waals surface area contributed by atoms with Crippen LogP contribution >= 0.6 is 15.9 Å². The Morgan fingerprint density at radius 2 is 2.17 bits per heavy atom. The molecule has 0 saturated carbocycles. The highest BCUT2D eigenvalue weighted by Crippen LogP contribution is 2.30. The summed E-state index contributed by atoms with van der Waals surface area (Å²) in [4.78, 5) is 0. The molecule has 66 valence electrons. The molecule has 0 heterocycles. The van der Waals surface area contributed by atoms with Crippen LogP contribution in [0.2, 0.25) is 0 Å². The van der Waals surface area contributed by atoms with Crippen LogP contribution in [-0.2, 0) is 0 Å². The molecule has 12 heavy (non-hydrogen) atoms. The first-order valence-corrected chi connectivity index (χ1v) is 4.60. The molecule has 0 fully saturated rings. The average molecular weight is 230 g/mol. The third kappa shape index (κ3) is 1.79. The molecule has 3 heteroatoms. The third-order valence-corrected chi connectivity index (χ3v) is 2.77. The van der Waals surface area contributed by atoms with E-state index in [-0.39, 0.29) is 11.8 Å². The zero-order chi connectivity index (χ0) is 9.14. The summed E-state index contributed by atoms with van der Waals surface area (Å²) in [6.45, 7) is 2.04. The molecule has 2 N–H and O–H groups in total. The summed E-state index contributed by atoms with van der Waals surface area (Å²) in [6, 6.07) is 5.72. The lowest BCUT2D eigenvalue weighted by atomic mass is 10.1. The highest BCUT2D eigenvalue weighted by atomic mass is 79.9. The smallest absolute Gasteiger partial charge is 0.130 e. The van der Waals surface area contributed by atoms with Crippen LogP contribution in [0.3, 0.4) is 0 Å². The molecule has 1 atom stereocenters. The lowest BCUT2D eigenvalue weighted by Crippen LogP contribution is -2.12. The number of aromatic hydroxyl groups is 1. The van der Waals surface area contributed by atoms with Crippen LogP contribution in [0.1, 0.15) is 18.5 Å². The van der Waals surface area contributed by atoms with Crippen molar-refractivity contribution in [1.82, 2.24) is 5.32 Å². The molecular weight excluding hydrogens is 218 g/mol. The van der Waals surface area contributed by atoms with Crippen LogP contribution in [0.25, 0.3) is 0 Å². The van der Waals surface area contributed by atoms with Gasteiger partial charge in [-0.1, -0.05) is 12.1 Å². The van der Waals surface area contributed by atoms with E-state index in [1.54, 1.807) is 6.07 Å². The minimum Gasteiger partial charge on any atom is -0.507 e. The molecule has 0 aromatic heterocycles. The first kappa shape index (κ1) is 9.55. The summed E-state index contributed by atoms with van der Waals surface area (Å²) in [6.07, 6.45) is 0. The quantitative estimate of drug-likeness (QED) is 0.817. The van der Waals surface area contributed by atoms with Gasteiger partial charge < -0.3 is 10.4 Å².